The predicted molar refractivity (Wildman–Crippen MR) is 98.1 cm³/mol. The average Bonchev–Trinajstić information content (AvgIpc) is 3.22. The normalized spacial score (nSPS) is 16.7. The Balaban J connectivity index is 1.77. The van der Waals surface area contributed by atoms with Gasteiger partial charge in [0.15, 0.2) is 0 Å². The molecule has 0 fully saturated rings. The molecule has 0 radical (unpaired) electrons. The third-order valence-electron chi connectivity index (χ3n) is 4.62. The van der Waals surface area contributed by atoms with Gasteiger partial charge in [0.1, 0.15) is 0 Å². The second-order valence-electron chi connectivity index (χ2n) is 6.99. The van der Waals surface area contributed by atoms with Crippen LogP contribution in [0.25, 0.3) is 0 Å². The fraction of sp³-hybridized carbons (Fsp3) is 0.381. The Morgan fingerprint density at radius 3 is 2.37 bits per heavy atom. The van der Waals surface area contributed by atoms with Crippen molar-refractivity contribution >= 4 is 17.7 Å². The summed E-state index contributed by atoms with van der Waals surface area (Å²) in [5.41, 5.74) is 1.93. The summed E-state index contributed by atoms with van der Waals surface area (Å²) in [6, 6.07) is 12.6. The molecular formula is C21H23NO5. The summed E-state index contributed by atoms with van der Waals surface area (Å²) < 4.78 is 12.4. The summed E-state index contributed by atoms with van der Waals surface area (Å²) in [7, 11) is 0. The third kappa shape index (κ3) is 3.94. The molecule has 0 aliphatic carbocycles. The van der Waals surface area contributed by atoms with Crippen molar-refractivity contribution < 1.29 is 23.9 Å². The van der Waals surface area contributed by atoms with Crippen LogP contribution >= 0.6 is 0 Å². The highest BCUT2D eigenvalue weighted by Gasteiger charge is 2.35. The zero-order valence-electron chi connectivity index (χ0n) is 15.7. The topological polar surface area (TPSA) is 74.6 Å². The molecule has 27 heavy (non-hydrogen) atoms. The molecule has 6 heteroatoms. The summed E-state index contributed by atoms with van der Waals surface area (Å²) in [4.78, 5) is 36.6. The third-order valence-corrected chi connectivity index (χ3v) is 4.62. The van der Waals surface area contributed by atoms with Crippen LogP contribution in [-0.4, -0.2) is 28.6 Å². The van der Waals surface area contributed by atoms with Crippen LogP contribution in [0.3, 0.4) is 0 Å². The standard InChI is InChI=1S/C21H23NO5/c1-13(2)21(26-14(3)23)27-20(25)16-11-12-22-17(16)9-10-18(22)19(24)15-7-5-4-6-8-15/h4-10,13,16,21H,11-12H2,1-3H3. The van der Waals surface area contributed by atoms with Gasteiger partial charge in [-0.15, -0.1) is 0 Å². The quantitative estimate of drug-likeness (QED) is 0.444. The van der Waals surface area contributed by atoms with Crippen molar-refractivity contribution in [3.8, 4) is 0 Å². The number of carbonyl (C=O) groups excluding carboxylic acids is 3. The SMILES string of the molecule is CC(=O)OC(OC(=O)C1CCn2c(C(=O)c3ccccc3)ccc21)C(C)C. The van der Waals surface area contributed by atoms with Gasteiger partial charge in [0, 0.05) is 30.6 Å². The summed E-state index contributed by atoms with van der Waals surface area (Å²) >= 11 is 0. The van der Waals surface area contributed by atoms with Crippen LogP contribution in [0.4, 0.5) is 0 Å². The zero-order chi connectivity index (χ0) is 19.6. The predicted octanol–water partition coefficient (Wildman–Crippen LogP) is 3.29. The molecule has 2 unspecified atom stereocenters. The van der Waals surface area contributed by atoms with E-state index in [-0.39, 0.29) is 11.7 Å². The molecule has 2 aromatic rings. The minimum atomic E-state index is -0.913. The molecule has 6 nitrogen and oxygen atoms in total. The van der Waals surface area contributed by atoms with E-state index < -0.39 is 24.1 Å². The van der Waals surface area contributed by atoms with Crippen molar-refractivity contribution in [1.82, 2.24) is 4.57 Å². The Kier molecular flexibility index (Phi) is 5.44. The molecule has 1 aliphatic rings. The van der Waals surface area contributed by atoms with Crippen molar-refractivity contribution in [1.29, 1.82) is 0 Å². The minimum Gasteiger partial charge on any atom is -0.425 e. The Labute approximate surface area is 158 Å². The molecule has 1 aromatic heterocycles. The Morgan fingerprint density at radius 1 is 1.04 bits per heavy atom. The highest BCUT2D eigenvalue weighted by Crippen LogP contribution is 2.33. The largest absolute Gasteiger partial charge is 0.425 e. The van der Waals surface area contributed by atoms with Crippen molar-refractivity contribution in [2.75, 3.05) is 0 Å². The fourth-order valence-electron chi connectivity index (χ4n) is 3.27. The van der Waals surface area contributed by atoms with Crippen LogP contribution in [-0.2, 0) is 25.6 Å². The lowest BCUT2D eigenvalue weighted by Crippen LogP contribution is -2.30. The first-order chi connectivity index (χ1) is 12.9. The lowest BCUT2D eigenvalue weighted by molar-refractivity contribution is -0.195. The van der Waals surface area contributed by atoms with E-state index in [4.69, 9.17) is 9.47 Å². The number of benzene rings is 1. The fourth-order valence-corrected chi connectivity index (χ4v) is 3.27. The van der Waals surface area contributed by atoms with Gasteiger partial charge in [-0.3, -0.25) is 14.4 Å². The first kappa shape index (κ1) is 18.9. The van der Waals surface area contributed by atoms with E-state index in [0.717, 1.165) is 5.69 Å². The van der Waals surface area contributed by atoms with E-state index in [1.54, 1.807) is 24.3 Å². The van der Waals surface area contributed by atoms with E-state index in [0.29, 0.717) is 24.2 Å². The maximum Gasteiger partial charge on any atom is 0.318 e. The van der Waals surface area contributed by atoms with Gasteiger partial charge >= 0.3 is 11.9 Å². The Hall–Kier alpha value is -2.89. The number of hydrogen-bond acceptors (Lipinski definition) is 5. The molecule has 1 aromatic carbocycles. The van der Waals surface area contributed by atoms with E-state index >= 15 is 0 Å². The number of rotatable bonds is 6. The van der Waals surface area contributed by atoms with Crippen LogP contribution in [0.15, 0.2) is 42.5 Å². The smallest absolute Gasteiger partial charge is 0.318 e. The van der Waals surface area contributed by atoms with Crippen LogP contribution in [0.5, 0.6) is 0 Å². The Bertz CT molecular complexity index is 853. The molecule has 0 bridgehead atoms. The van der Waals surface area contributed by atoms with E-state index in [9.17, 15) is 14.4 Å². The maximum absolute atomic E-state index is 12.7. The van der Waals surface area contributed by atoms with Gasteiger partial charge in [0.2, 0.25) is 12.1 Å². The molecule has 0 saturated carbocycles. The molecule has 0 N–H and O–H groups in total. The minimum absolute atomic E-state index is 0.0733. The first-order valence-electron chi connectivity index (χ1n) is 9.05. The zero-order valence-corrected chi connectivity index (χ0v) is 15.7. The van der Waals surface area contributed by atoms with Crippen LogP contribution in [0, 0.1) is 5.92 Å². The number of nitrogens with zero attached hydrogens (tertiary/aromatic N) is 1. The lowest BCUT2D eigenvalue weighted by atomic mass is 10.0. The molecule has 0 spiro atoms. The highest BCUT2D eigenvalue weighted by atomic mass is 16.7. The molecule has 1 aliphatic heterocycles. The number of ketones is 1. The van der Waals surface area contributed by atoms with Crippen molar-refractivity contribution in [3.05, 3.63) is 59.4 Å². The van der Waals surface area contributed by atoms with Gasteiger partial charge in [0.25, 0.3) is 0 Å². The summed E-state index contributed by atoms with van der Waals surface area (Å²) in [5.74, 6) is -1.63. The van der Waals surface area contributed by atoms with Gasteiger partial charge in [-0.2, -0.15) is 0 Å². The molecule has 0 amide bonds. The number of esters is 2. The van der Waals surface area contributed by atoms with Gasteiger partial charge in [-0.05, 0) is 18.6 Å². The van der Waals surface area contributed by atoms with Crippen molar-refractivity contribution in [2.45, 2.75) is 45.9 Å². The number of fused-ring (bicyclic) bond motifs is 1. The number of hydrogen-bond donors (Lipinski definition) is 0. The van der Waals surface area contributed by atoms with Crippen molar-refractivity contribution in [2.24, 2.45) is 5.92 Å². The van der Waals surface area contributed by atoms with E-state index in [2.05, 4.69) is 0 Å². The van der Waals surface area contributed by atoms with Gasteiger partial charge in [-0.25, -0.2) is 0 Å². The number of aromatic nitrogens is 1. The molecule has 0 saturated heterocycles. The first-order valence-corrected chi connectivity index (χ1v) is 9.05. The van der Waals surface area contributed by atoms with Crippen LogP contribution < -0.4 is 0 Å². The van der Waals surface area contributed by atoms with E-state index in [1.165, 1.54) is 6.92 Å². The summed E-state index contributed by atoms with van der Waals surface area (Å²) in [5, 5.41) is 0. The second kappa shape index (κ2) is 7.78. The lowest BCUT2D eigenvalue weighted by Gasteiger charge is -2.22. The second-order valence-corrected chi connectivity index (χ2v) is 6.99. The monoisotopic (exact) mass is 369 g/mol. The van der Waals surface area contributed by atoms with E-state index in [1.807, 2.05) is 36.6 Å². The average molecular weight is 369 g/mol. The number of carbonyl (C=O) groups is 3. The molecule has 2 heterocycles. The number of ether oxygens (including phenoxy) is 2. The maximum atomic E-state index is 12.7. The summed E-state index contributed by atoms with van der Waals surface area (Å²) in [6.45, 7) is 5.48. The summed E-state index contributed by atoms with van der Waals surface area (Å²) in [6.07, 6.45) is -0.362. The van der Waals surface area contributed by atoms with Gasteiger partial charge < -0.3 is 14.0 Å². The molecule has 3 rings (SSSR count). The Morgan fingerprint density at radius 2 is 1.74 bits per heavy atom. The van der Waals surface area contributed by atoms with Gasteiger partial charge in [-0.1, -0.05) is 44.2 Å². The molecule has 142 valence electrons. The van der Waals surface area contributed by atoms with Gasteiger partial charge in [0.05, 0.1) is 11.6 Å². The molecule has 2 atom stereocenters. The highest BCUT2D eigenvalue weighted by molar-refractivity contribution is 6.08. The van der Waals surface area contributed by atoms with Crippen LogP contribution in [0.1, 0.15) is 54.9 Å². The van der Waals surface area contributed by atoms with Crippen LogP contribution in [0.2, 0.25) is 0 Å². The molecular weight excluding hydrogens is 346 g/mol. The van der Waals surface area contributed by atoms with Crippen molar-refractivity contribution in [3.63, 3.8) is 0 Å².